The van der Waals surface area contributed by atoms with Crippen LogP contribution in [0.5, 0.6) is 0 Å². The molecule has 0 saturated heterocycles. The van der Waals surface area contributed by atoms with Gasteiger partial charge in [-0.25, -0.2) is 0 Å². The first-order valence-electron chi connectivity index (χ1n) is 9.03. The largest absolute Gasteiger partial charge is 0.485 e. The Morgan fingerprint density at radius 3 is 2.92 bits per heavy atom. The topological polar surface area (TPSA) is 21.7 Å². The molecule has 0 aromatic heterocycles. The second-order valence-corrected chi connectivity index (χ2v) is 7.68. The summed E-state index contributed by atoms with van der Waals surface area (Å²) in [4.78, 5) is 2.50. The molecule has 0 radical (unpaired) electrons. The summed E-state index contributed by atoms with van der Waals surface area (Å²) in [5.74, 6) is 0.963. The van der Waals surface area contributed by atoms with Gasteiger partial charge in [-0.3, -0.25) is 0 Å². The smallest absolute Gasteiger partial charge is 0.127 e. The maximum Gasteiger partial charge on any atom is 0.127 e. The lowest BCUT2D eigenvalue weighted by molar-refractivity contribution is 0.123. The second-order valence-electron chi connectivity index (χ2n) is 7.68. The van der Waals surface area contributed by atoms with Crippen molar-refractivity contribution in [1.29, 1.82) is 0 Å². The van der Waals surface area contributed by atoms with Crippen LogP contribution >= 0.6 is 0 Å². The van der Waals surface area contributed by atoms with E-state index in [0.29, 0.717) is 0 Å². The zero-order chi connectivity index (χ0) is 17.2. The van der Waals surface area contributed by atoms with Gasteiger partial charge in [0.1, 0.15) is 11.9 Å². The minimum absolute atomic E-state index is 0.000317. The third kappa shape index (κ3) is 2.02. The molecule has 0 spiro atoms. The van der Waals surface area contributed by atoms with Crippen LogP contribution in [0.15, 0.2) is 71.2 Å². The summed E-state index contributed by atoms with van der Waals surface area (Å²) in [6, 6.07) is 8.80. The zero-order valence-corrected chi connectivity index (χ0v) is 15.0. The van der Waals surface area contributed by atoms with Crippen molar-refractivity contribution in [3.8, 4) is 0 Å². The van der Waals surface area contributed by atoms with Crippen LogP contribution < -0.4 is 4.90 Å². The number of methoxy groups -OCH3 is 1. The number of fused-ring (bicyclic) bond motifs is 5. The van der Waals surface area contributed by atoms with Gasteiger partial charge in [-0.15, -0.1) is 0 Å². The Kier molecular flexibility index (Phi) is 3.08. The lowest BCUT2D eigenvalue weighted by atomic mass is 9.79. The molecule has 1 aromatic carbocycles. The first kappa shape index (κ1) is 15.0. The average Bonchev–Trinajstić information content (AvgIpc) is 2.87. The van der Waals surface area contributed by atoms with Crippen LogP contribution in [0.3, 0.4) is 0 Å². The molecule has 5 rings (SSSR count). The molecule has 0 saturated carbocycles. The summed E-state index contributed by atoms with van der Waals surface area (Å²) in [6.45, 7) is 5.67. The molecule has 3 aliphatic heterocycles. The van der Waals surface area contributed by atoms with Gasteiger partial charge < -0.3 is 14.4 Å². The van der Waals surface area contributed by atoms with Crippen molar-refractivity contribution in [2.24, 2.45) is 0 Å². The van der Waals surface area contributed by atoms with E-state index >= 15 is 0 Å². The lowest BCUT2D eigenvalue weighted by Crippen LogP contribution is -2.39. The highest BCUT2D eigenvalue weighted by atomic mass is 16.5. The third-order valence-electron chi connectivity index (χ3n) is 5.88. The molecule has 3 heterocycles. The van der Waals surface area contributed by atoms with Crippen molar-refractivity contribution in [2.45, 2.75) is 37.9 Å². The molecule has 128 valence electrons. The summed E-state index contributed by atoms with van der Waals surface area (Å²) in [5.41, 5.74) is 6.66. The number of hydrogen-bond acceptors (Lipinski definition) is 3. The Morgan fingerprint density at radius 2 is 2.08 bits per heavy atom. The fraction of sp³-hybridized carbons (Fsp3) is 0.364. The minimum Gasteiger partial charge on any atom is -0.485 e. The van der Waals surface area contributed by atoms with Crippen molar-refractivity contribution in [3.63, 3.8) is 0 Å². The van der Waals surface area contributed by atoms with Gasteiger partial charge in [-0.2, -0.15) is 0 Å². The summed E-state index contributed by atoms with van der Waals surface area (Å²) in [6.07, 6.45) is 9.77. The highest BCUT2D eigenvalue weighted by molar-refractivity contribution is 5.73. The number of ether oxygens (including phenoxy) is 2. The van der Waals surface area contributed by atoms with Crippen molar-refractivity contribution in [2.75, 3.05) is 18.6 Å². The monoisotopic (exact) mass is 333 g/mol. The van der Waals surface area contributed by atoms with E-state index in [4.69, 9.17) is 9.47 Å². The molecule has 1 aliphatic carbocycles. The molecule has 0 fully saturated rings. The van der Waals surface area contributed by atoms with E-state index in [9.17, 15) is 0 Å². The molecule has 1 aromatic rings. The first-order chi connectivity index (χ1) is 12.1. The van der Waals surface area contributed by atoms with Gasteiger partial charge in [0, 0.05) is 48.0 Å². The van der Waals surface area contributed by atoms with E-state index in [0.717, 1.165) is 24.3 Å². The van der Waals surface area contributed by atoms with Crippen molar-refractivity contribution < 1.29 is 9.47 Å². The van der Waals surface area contributed by atoms with Gasteiger partial charge in [0.05, 0.1) is 6.10 Å². The number of rotatable bonds is 1. The first-order valence-corrected chi connectivity index (χ1v) is 9.03. The van der Waals surface area contributed by atoms with E-state index in [1.807, 2.05) is 0 Å². The van der Waals surface area contributed by atoms with Crippen LogP contribution in [-0.2, 0) is 14.9 Å². The van der Waals surface area contributed by atoms with E-state index in [2.05, 4.69) is 67.3 Å². The summed E-state index contributed by atoms with van der Waals surface area (Å²) < 4.78 is 11.8. The molecule has 3 nitrogen and oxygen atoms in total. The number of allylic oxidation sites excluding steroid dienone is 2. The van der Waals surface area contributed by atoms with Crippen LogP contribution in [0.1, 0.15) is 25.8 Å². The Morgan fingerprint density at radius 1 is 1.24 bits per heavy atom. The van der Waals surface area contributed by atoms with Gasteiger partial charge in [-0.1, -0.05) is 44.2 Å². The summed E-state index contributed by atoms with van der Waals surface area (Å²) in [5, 5.41) is 0. The number of anilines is 1. The SMILES string of the molecule is COC1C=CC2=CC3=C4N(CCC3OC2=C1)c1ccccc1C4(C)C. The van der Waals surface area contributed by atoms with Crippen LogP contribution in [0.2, 0.25) is 0 Å². The Balaban J connectivity index is 1.68. The highest BCUT2D eigenvalue weighted by Crippen LogP contribution is 2.52. The maximum absolute atomic E-state index is 6.40. The quantitative estimate of drug-likeness (QED) is 0.767. The molecule has 2 unspecified atom stereocenters. The van der Waals surface area contributed by atoms with Gasteiger partial charge in [0.25, 0.3) is 0 Å². The fourth-order valence-corrected chi connectivity index (χ4v) is 4.69. The van der Waals surface area contributed by atoms with Crippen LogP contribution in [0.25, 0.3) is 0 Å². The lowest BCUT2D eigenvalue weighted by Gasteiger charge is -2.40. The molecule has 4 aliphatic rings. The minimum atomic E-state index is -0.000317. The van der Waals surface area contributed by atoms with Crippen molar-refractivity contribution in [1.82, 2.24) is 0 Å². The molecule has 0 N–H and O–H groups in total. The van der Waals surface area contributed by atoms with Gasteiger partial charge >= 0.3 is 0 Å². The Bertz CT molecular complexity index is 872. The number of para-hydroxylation sites is 1. The number of nitrogens with zero attached hydrogens (tertiary/aromatic N) is 1. The van der Waals surface area contributed by atoms with Crippen LogP contribution in [-0.4, -0.2) is 25.9 Å². The van der Waals surface area contributed by atoms with Gasteiger partial charge in [-0.05, 0) is 23.8 Å². The van der Waals surface area contributed by atoms with E-state index in [1.54, 1.807) is 7.11 Å². The van der Waals surface area contributed by atoms with Crippen molar-refractivity contribution in [3.05, 3.63) is 76.7 Å². The average molecular weight is 333 g/mol. The van der Waals surface area contributed by atoms with E-state index in [-0.39, 0.29) is 17.6 Å². The molecule has 25 heavy (non-hydrogen) atoms. The van der Waals surface area contributed by atoms with E-state index < -0.39 is 0 Å². The number of benzene rings is 1. The van der Waals surface area contributed by atoms with Crippen molar-refractivity contribution >= 4 is 5.69 Å². The molecule has 3 heteroatoms. The molecular weight excluding hydrogens is 310 g/mol. The Labute approximate surface area is 148 Å². The standard InChI is InChI=1S/C22H23NO2/c1-22(2)17-6-4-5-7-18(17)23-11-10-19-16(21(22)23)12-14-8-9-15(24-3)13-20(14)25-19/h4-9,12-13,15,19H,10-11H2,1-3H3. The van der Waals surface area contributed by atoms with Gasteiger partial charge in [0.15, 0.2) is 0 Å². The van der Waals surface area contributed by atoms with Gasteiger partial charge in [0.2, 0.25) is 0 Å². The molecule has 2 atom stereocenters. The molecule has 0 amide bonds. The Hall–Kier alpha value is -2.26. The third-order valence-corrected chi connectivity index (χ3v) is 5.88. The fourth-order valence-electron chi connectivity index (χ4n) is 4.69. The maximum atomic E-state index is 6.40. The van der Waals surface area contributed by atoms with Crippen LogP contribution in [0.4, 0.5) is 5.69 Å². The predicted molar refractivity (Wildman–Crippen MR) is 99.4 cm³/mol. The highest BCUT2D eigenvalue weighted by Gasteiger charge is 2.46. The summed E-state index contributed by atoms with van der Waals surface area (Å²) in [7, 11) is 1.73. The number of hydrogen-bond donors (Lipinski definition) is 0. The summed E-state index contributed by atoms with van der Waals surface area (Å²) >= 11 is 0. The molecule has 0 bridgehead atoms. The molecular formula is C22H23NO2. The second kappa shape index (κ2) is 5.12. The van der Waals surface area contributed by atoms with Crippen LogP contribution in [0, 0.1) is 0 Å². The van der Waals surface area contributed by atoms with E-state index in [1.165, 1.54) is 22.5 Å². The normalized spacial score (nSPS) is 28.4. The zero-order valence-electron chi connectivity index (χ0n) is 15.0. The predicted octanol–water partition coefficient (Wildman–Crippen LogP) is 4.24.